The SMILES string of the molecule is COC(=O)[C@H](Cc1c[nH]c2ccccc12)Nc1nn2cc(C3CCCC3)nc2s1. The normalized spacial score (nSPS) is 15.9. The first-order valence-electron chi connectivity index (χ1n) is 9.97. The molecule has 29 heavy (non-hydrogen) atoms. The standard InChI is InChI=1S/C21H23N5O2S/c1-28-19(27)17(10-14-11-22-16-9-5-4-8-15(14)16)23-20-25-26-12-18(24-21(26)29-20)13-6-2-3-7-13/h4-5,8-9,11-13,17,22H,2-3,6-7,10H2,1H3,(H,23,25)/t17-/m0/s1. The summed E-state index contributed by atoms with van der Waals surface area (Å²) in [5.74, 6) is 0.250. The highest BCUT2D eigenvalue weighted by atomic mass is 32.1. The van der Waals surface area contributed by atoms with Crippen molar-refractivity contribution in [2.24, 2.45) is 0 Å². The van der Waals surface area contributed by atoms with Gasteiger partial charge in [-0.2, -0.15) is 0 Å². The van der Waals surface area contributed by atoms with Gasteiger partial charge in [0.1, 0.15) is 6.04 Å². The molecular weight excluding hydrogens is 386 g/mol. The summed E-state index contributed by atoms with van der Waals surface area (Å²) in [6.45, 7) is 0. The number of rotatable bonds is 6. The number of carbonyl (C=O) groups is 1. The summed E-state index contributed by atoms with van der Waals surface area (Å²) in [6.07, 6.45) is 9.47. The predicted molar refractivity (Wildman–Crippen MR) is 114 cm³/mol. The summed E-state index contributed by atoms with van der Waals surface area (Å²) in [6, 6.07) is 7.54. The van der Waals surface area contributed by atoms with Gasteiger partial charge in [-0.05, 0) is 24.5 Å². The van der Waals surface area contributed by atoms with Crippen molar-refractivity contribution < 1.29 is 9.53 Å². The van der Waals surface area contributed by atoms with Crippen LogP contribution in [0.15, 0.2) is 36.7 Å². The van der Waals surface area contributed by atoms with Gasteiger partial charge < -0.3 is 15.0 Å². The van der Waals surface area contributed by atoms with E-state index in [4.69, 9.17) is 9.72 Å². The second kappa shape index (κ2) is 7.51. The molecule has 0 radical (unpaired) electrons. The van der Waals surface area contributed by atoms with Crippen LogP contribution < -0.4 is 5.32 Å². The second-order valence-electron chi connectivity index (χ2n) is 7.57. The first-order chi connectivity index (χ1) is 14.2. The Morgan fingerprint density at radius 3 is 3.00 bits per heavy atom. The van der Waals surface area contributed by atoms with E-state index in [0.717, 1.165) is 27.1 Å². The van der Waals surface area contributed by atoms with Gasteiger partial charge in [0.05, 0.1) is 19.0 Å². The van der Waals surface area contributed by atoms with E-state index >= 15 is 0 Å². The fourth-order valence-corrected chi connectivity index (χ4v) is 5.04. The Kier molecular flexibility index (Phi) is 4.71. The smallest absolute Gasteiger partial charge is 0.328 e. The molecule has 0 aliphatic heterocycles. The van der Waals surface area contributed by atoms with E-state index in [0.29, 0.717) is 17.5 Å². The van der Waals surface area contributed by atoms with Gasteiger partial charge in [-0.3, -0.25) is 0 Å². The van der Waals surface area contributed by atoms with Gasteiger partial charge in [-0.1, -0.05) is 42.4 Å². The molecule has 8 heteroatoms. The molecule has 0 saturated heterocycles. The lowest BCUT2D eigenvalue weighted by atomic mass is 10.1. The lowest BCUT2D eigenvalue weighted by Crippen LogP contribution is -2.32. The molecule has 1 atom stereocenters. The highest BCUT2D eigenvalue weighted by molar-refractivity contribution is 7.20. The van der Waals surface area contributed by atoms with Crippen LogP contribution in [0.4, 0.5) is 5.13 Å². The molecule has 1 saturated carbocycles. The predicted octanol–water partition coefficient (Wildman–Crippen LogP) is 4.13. The van der Waals surface area contributed by atoms with Crippen LogP contribution in [0.2, 0.25) is 0 Å². The molecule has 0 bridgehead atoms. The van der Waals surface area contributed by atoms with Gasteiger partial charge in [-0.25, -0.2) is 14.3 Å². The summed E-state index contributed by atoms with van der Waals surface area (Å²) in [7, 11) is 1.41. The fraction of sp³-hybridized carbons (Fsp3) is 0.381. The van der Waals surface area contributed by atoms with Crippen LogP contribution in [0.1, 0.15) is 42.9 Å². The number of anilines is 1. The number of carbonyl (C=O) groups excluding carboxylic acids is 1. The third-order valence-electron chi connectivity index (χ3n) is 5.72. The summed E-state index contributed by atoms with van der Waals surface area (Å²) >= 11 is 1.46. The topological polar surface area (TPSA) is 84.3 Å². The minimum absolute atomic E-state index is 0.310. The fourth-order valence-electron chi connectivity index (χ4n) is 4.20. The molecule has 1 aliphatic carbocycles. The first-order valence-corrected chi connectivity index (χ1v) is 10.8. The number of para-hydroxylation sites is 1. The summed E-state index contributed by atoms with van der Waals surface area (Å²) in [4.78, 5) is 21.3. The molecule has 1 aromatic carbocycles. The maximum atomic E-state index is 12.4. The average molecular weight is 410 g/mol. The largest absolute Gasteiger partial charge is 0.467 e. The number of hydrogen-bond acceptors (Lipinski definition) is 6. The summed E-state index contributed by atoms with van der Waals surface area (Å²) in [5, 5.41) is 9.63. The Hall–Kier alpha value is -2.87. The lowest BCUT2D eigenvalue weighted by molar-refractivity contribution is -0.141. The number of methoxy groups -OCH3 is 1. The monoisotopic (exact) mass is 409 g/mol. The Bertz CT molecular complexity index is 1120. The van der Waals surface area contributed by atoms with Crippen molar-refractivity contribution in [3.05, 3.63) is 47.9 Å². The molecule has 0 spiro atoms. The molecule has 3 heterocycles. The van der Waals surface area contributed by atoms with Crippen LogP contribution in [0.3, 0.4) is 0 Å². The quantitative estimate of drug-likeness (QED) is 0.468. The van der Waals surface area contributed by atoms with Crippen LogP contribution in [0, 0.1) is 0 Å². The Morgan fingerprint density at radius 1 is 1.38 bits per heavy atom. The molecule has 0 amide bonds. The minimum Gasteiger partial charge on any atom is -0.467 e. The van der Waals surface area contributed by atoms with Crippen LogP contribution in [0.5, 0.6) is 0 Å². The number of H-pyrrole nitrogens is 1. The van der Waals surface area contributed by atoms with Crippen LogP contribution in [0.25, 0.3) is 15.9 Å². The van der Waals surface area contributed by atoms with Crippen molar-refractivity contribution >= 4 is 38.3 Å². The maximum absolute atomic E-state index is 12.4. The summed E-state index contributed by atoms with van der Waals surface area (Å²) < 4.78 is 6.85. The number of hydrogen-bond donors (Lipinski definition) is 2. The van der Waals surface area contributed by atoms with Gasteiger partial charge in [0.25, 0.3) is 0 Å². The second-order valence-corrected chi connectivity index (χ2v) is 8.52. The van der Waals surface area contributed by atoms with Crippen molar-refractivity contribution in [1.29, 1.82) is 0 Å². The molecule has 5 rings (SSSR count). The molecular formula is C21H23N5O2S. The molecule has 7 nitrogen and oxygen atoms in total. The molecule has 3 aromatic heterocycles. The Labute approximate surface area is 172 Å². The minimum atomic E-state index is -0.524. The summed E-state index contributed by atoms with van der Waals surface area (Å²) in [5.41, 5.74) is 3.25. The van der Waals surface area contributed by atoms with E-state index in [1.54, 1.807) is 0 Å². The van der Waals surface area contributed by atoms with E-state index < -0.39 is 6.04 Å². The van der Waals surface area contributed by atoms with E-state index in [2.05, 4.69) is 21.5 Å². The number of ether oxygens (including phenoxy) is 1. The van der Waals surface area contributed by atoms with Crippen molar-refractivity contribution in [1.82, 2.24) is 19.6 Å². The Balaban J connectivity index is 1.37. The number of nitrogens with one attached hydrogen (secondary N) is 2. The average Bonchev–Trinajstić information content (AvgIpc) is 3.50. The van der Waals surface area contributed by atoms with E-state index in [1.165, 1.54) is 44.1 Å². The highest BCUT2D eigenvalue weighted by Gasteiger charge is 2.24. The van der Waals surface area contributed by atoms with E-state index in [1.807, 2.05) is 35.1 Å². The van der Waals surface area contributed by atoms with Crippen molar-refractivity contribution in [2.75, 3.05) is 12.4 Å². The first kappa shape index (κ1) is 18.2. The number of aromatic amines is 1. The van der Waals surface area contributed by atoms with Gasteiger partial charge in [0.2, 0.25) is 10.1 Å². The van der Waals surface area contributed by atoms with Crippen LogP contribution in [-0.2, 0) is 16.0 Å². The van der Waals surface area contributed by atoms with E-state index in [9.17, 15) is 4.79 Å². The molecule has 2 N–H and O–H groups in total. The maximum Gasteiger partial charge on any atom is 0.328 e. The van der Waals surface area contributed by atoms with Crippen molar-refractivity contribution in [2.45, 2.75) is 44.1 Å². The number of benzene rings is 1. The van der Waals surface area contributed by atoms with Crippen molar-refractivity contribution in [3.63, 3.8) is 0 Å². The van der Waals surface area contributed by atoms with Gasteiger partial charge in [0, 0.05) is 29.4 Å². The van der Waals surface area contributed by atoms with E-state index in [-0.39, 0.29) is 5.97 Å². The molecule has 150 valence electrons. The number of nitrogens with zero attached hydrogens (tertiary/aromatic N) is 3. The number of imidazole rings is 1. The van der Waals surface area contributed by atoms with Gasteiger partial charge >= 0.3 is 5.97 Å². The highest BCUT2D eigenvalue weighted by Crippen LogP contribution is 2.34. The number of esters is 1. The zero-order chi connectivity index (χ0) is 19.8. The third kappa shape index (κ3) is 3.48. The van der Waals surface area contributed by atoms with Crippen LogP contribution in [-0.4, -0.2) is 38.7 Å². The molecule has 1 aliphatic rings. The number of fused-ring (bicyclic) bond motifs is 2. The third-order valence-corrected chi connectivity index (χ3v) is 6.57. The lowest BCUT2D eigenvalue weighted by Gasteiger charge is -2.15. The zero-order valence-corrected chi connectivity index (χ0v) is 17.0. The van der Waals surface area contributed by atoms with Crippen LogP contribution >= 0.6 is 11.3 Å². The van der Waals surface area contributed by atoms with Gasteiger partial charge in [-0.15, -0.1) is 5.10 Å². The Morgan fingerprint density at radius 2 is 2.21 bits per heavy atom. The van der Waals surface area contributed by atoms with Crippen molar-refractivity contribution in [3.8, 4) is 0 Å². The van der Waals surface area contributed by atoms with Gasteiger partial charge in [0.15, 0.2) is 0 Å². The molecule has 1 fully saturated rings. The number of aromatic nitrogens is 4. The molecule has 0 unspecified atom stereocenters. The molecule has 4 aromatic rings. The zero-order valence-electron chi connectivity index (χ0n) is 16.2.